The van der Waals surface area contributed by atoms with Gasteiger partial charge in [-0.15, -0.1) is 12.4 Å². The highest BCUT2D eigenvalue weighted by Gasteiger charge is 1.99. The van der Waals surface area contributed by atoms with Crippen LogP contribution in [-0.2, 0) is 19.7 Å². The van der Waals surface area contributed by atoms with Gasteiger partial charge in [-0.25, -0.2) is 0 Å². The van der Waals surface area contributed by atoms with Crippen LogP contribution in [0.15, 0.2) is 79.1 Å². The Balaban J connectivity index is 0.00000208. The standard InChI is InChI=1S/C20H20N2O.ClH/c1-2-5-18(6-3-1)16-23-20-8-4-7-19(13-20)15-22-14-17-9-11-21-12-10-17;/h1-13,22H,14-16H2;1H. The minimum atomic E-state index is 0. The average Bonchev–Trinajstić information content (AvgIpc) is 2.62. The normalized spacial score (nSPS) is 10.0. The molecule has 124 valence electrons. The first-order valence-electron chi connectivity index (χ1n) is 7.75. The molecule has 0 saturated carbocycles. The Morgan fingerprint density at radius 2 is 1.46 bits per heavy atom. The van der Waals surface area contributed by atoms with Crippen LogP contribution >= 0.6 is 12.4 Å². The third-order valence-electron chi connectivity index (χ3n) is 3.55. The van der Waals surface area contributed by atoms with Crippen molar-refractivity contribution in [2.75, 3.05) is 0 Å². The molecule has 24 heavy (non-hydrogen) atoms. The fourth-order valence-electron chi connectivity index (χ4n) is 2.34. The maximum Gasteiger partial charge on any atom is 0.120 e. The molecule has 1 N–H and O–H groups in total. The smallest absolute Gasteiger partial charge is 0.120 e. The second-order valence-electron chi connectivity index (χ2n) is 5.38. The molecule has 0 saturated heterocycles. The van der Waals surface area contributed by atoms with Gasteiger partial charge in [0.2, 0.25) is 0 Å². The lowest BCUT2D eigenvalue weighted by Gasteiger charge is -2.09. The number of rotatable bonds is 7. The minimum Gasteiger partial charge on any atom is -0.489 e. The first-order chi connectivity index (χ1) is 11.4. The molecule has 0 bridgehead atoms. The van der Waals surface area contributed by atoms with E-state index in [4.69, 9.17) is 4.74 Å². The largest absolute Gasteiger partial charge is 0.489 e. The zero-order valence-electron chi connectivity index (χ0n) is 13.4. The molecule has 0 spiro atoms. The summed E-state index contributed by atoms with van der Waals surface area (Å²) in [5.74, 6) is 0.900. The third kappa shape index (κ3) is 5.69. The first-order valence-corrected chi connectivity index (χ1v) is 7.75. The molecule has 3 rings (SSSR count). The van der Waals surface area contributed by atoms with Crippen LogP contribution in [0, 0.1) is 0 Å². The van der Waals surface area contributed by atoms with Gasteiger partial charge in [-0.05, 0) is 41.0 Å². The summed E-state index contributed by atoms with van der Waals surface area (Å²) in [4.78, 5) is 4.02. The molecule has 4 heteroatoms. The molecule has 0 atom stereocenters. The second kappa shape index (κ2) is 9.71. The van der Waals surface area contributed by atoms with E-state index in [0.29, 0.717) is 6.61 Å². The number of nitrogens with zero attached hydrogens (tertiary/aromatic N) is 1. The molecule has 0 aliphatic heterocycles. The number of pyridine rings is 1. The van der Waals surface area contributed by atoms with Crippen molar-refractivity contribution >= 4 is 12.4 Å². The van der Waals surface area contributed by atoms with Gasteiger partial charge < -0.3 is 10.1 Å². The average molecular weight is 341 g/mol. The van der Waals surface area contributed by atoms with E-state index in [2.05, 4.69) is 34.6 Å². The van der Waals surface area contributed by atoms with Gasteiger partial charge in [-0.3, -0.25) is 4.98 Å². The molecule has 1 heterocycles. The summed E-state index contributed by atoms with van der Waals surface area (Å²) in [6, 6.07) is 22.5. The van der Waals surface area contributed by atoms with Crippen LogP contribution in [0.1, 0.15) is 16.7 Å². The zero-order chi connectivity index (χ0) is 15.7. The summed E-state index contributed by atoms with van der Waals surface area (Å²) in [6.45, 7) is 2.23. The number of ether oxygens (including phenoxy) is 1. The molecule has 0 fully saturated rings. The number of hydrogen-bond acceptors (Lipinski definition) is 3. The van der Waals surface area contributed by atoms with Gasteiger partial charge in [0.1, 0.15) is 12.4 Å². The fourth-order valence-corrected chi connectivity index (χ4v) is 2.34. The Labute approximate surface area is 149 Å². The van der Waals surface area contributed by atoms with E-state index in [1.54, 1.807) is 0 Å². The monoisotopic (exact) mass is 340 g/mol. The van der Waals surface area contributed by atoms with E-state index in [1.807, 2.05) is 54.9 Å². The number of halogens is 1. The Hall–Kier alpha value is -2.36. The van der Waals surface area contributed by atoms with Crippen LogP contribution in [0.25, 0.3) is 0 Å². The number of nitrogens with one attached hydrogen (secondary N) is 1. The predicted molar refractivity (Wildman–Crippen MR) is 99.2 cm³/mol. The maximum atomic E-state index is 5.86. The molecule has 3 nitrogen and oxygen atoms in total. The predicted octanol–water partition coefficient (Wildman–Crippen LogP) is 4.37. The van der Waals surface area contributed by atoms with Gasteiger partial charge in [-0.1, -0.05) is 42.5 Å². The lowest BCUT2D eigenvalue weighted by Crippen LogP contribution is -2.12. The van der Waals surface area contributed by atoms with Crippen LogP contribution < -0.4 is 10.1 Å². The van der Waals surface area contributed by atoms with Crippen LogP contribution in [0.4, 0.5) is 0 Å². The van der Waals surface area contributed by atoms with Crippen molar-refractivity contribution in [3.8, 4) is 5.75 Å². The maximum absolute atomic E-state index is 5.86. The van der Waals surface area contributed by atoms with E-state index in [1.165, 1.54) is 16.7 Å². The lowest BCUT2D eigenvalue weighted by molar-refractivity contribution is 0.306. The van der Waals surface area contributed by atoms with Crippen LogP contribution in [0.5, 0.6) is 5.75 Å². The third-order valence-corrected chi connectivity index (χ3v) is 3.55. The Bertz CT molecular complexity index is 720. The highest BCUT2D eigenvalue weighted by atomic mass is 35.5. The van der Waals surface area contributed by atoms with Crippen molar-refractivity contribution in [1.82, 2.24) is 10.3 Å². The SMILES string of the molecule is Cl.c1ccc(COc2cccc(CNCc3ccncc3)c2)cc1. The van der Waals surface area contributed by atoms with Crippen molar-refractivity contribution in [1.29, 1.82) is 0 Å². The summed E-state index contributed by atoms with van der Waals surface area (Å²) in [5.41, 5.74) is 3.62. The minimum absolute atomic E-state index is 0. The molecule has 3 aromatic rings. The van der Waals surface area contributed by atoms with Gasteiger partial charge in [0.25, 0.3) is 0 Å². The Morgan fingerprint density at radius 3 is 2.25 bits per heavy atom. The molecule has 0 unspecified atom stereocenters. The molecular weight excluding hydrogens is 320 g/mol. The highest BCUT2D eigenvalue weighted by molar-refractivity contribution is 5.85. The lowest BCUT2D eigenvalue weighted by atomic mass is 10.2. The quantitative estimate of drug-likeness (QED) is 0.693. The van der Waals surface area contributed by atoms with Crippen LogP contribution in [0.3, 0.4) is 0 Å². The first kappa shape index (κ1) is 18.0. The van der Waals surface area contributed by atoms with Crippen molar-refractivity contribution in [3.63, 3.8) is 0 Å². The highest BCUT2D eigenvalue weighted by Crippen LogP contribution is 2.15. The molecular formula is C20H21ClN2O. The van der Waals surface area contributed by atoms with E-state index in [0.717, 1.165) is 18.8 Å². The molecule has 0 aliphatic rings. The summed E-state index contributed by atoms with van der Waals surface area (Å²) in [6.07, 6.45) is 3.63. The van der Waals surface area contributed by atoms with E-state index in [-0.39, 0.29) is 12.4 Å². The Kier molecular flexibility index (Phi) is 7.27. The fraction of sp³-hybridized carbons (Fsp3) is 0.150. The van der Waals surface area contributed by atoms with E-state index in [9.17, 15) is 0 Å². The van der Waals surface area contributed by atoms with Crippen LogP contribution in [-0.4, -0.2) is 4.98 Å². The summed E-state index contributed by atoms with van der Waals surface area (Å²) in [7, 11) is 0. The van der Waals surface area contributed by atoms with E-state index < -0.39 is 0 Å². The summed E-state index contributed by atoms with van der Waals surface area (Å²) < 4.78 is 5.86. The van der Waals surface area contributed by atoms with Gasteiger partial charge in [0, 0.05) is 25.5 Å². The molecule has 0 amide bonds. The van der Waals surface area contributed by atoms with Gasteiger partial charge in [0.05, 0.1) is 0 Å². The van der Waals surface area contributed by atoms with Crippen molar-refractivity contribution in [3.05, 3.63) is 95.8 Å². The molecule has 1 aromatic heterocycles. The van der Waals surface area contributed by atoms with Gasteiger partial charge in [-0.2, -0.15) is 0 Å². The summed E-state index contributed by atoms with van der Waals surface area (Å²) >= 11 is 0. The second-order valence-corrected chi connectivity index (χ2v) is 5.38. The van der Waals surface area contributed by atoms with Crippen molar-refractivity contribution in [2.45, 2.75) is 19.7 Å². The molecule has 0 radical (unpaired) electrons. The summed E-state index contributed by atoms with van der Waals surface area (Å²) in [5, 5.41) is 3.44. The van der Waals surface area contributed by atoms with Gasteiger partial charge >= 0.3 is 0 Å². The zero-order valence-corrected chi connectivity index (χ0v) is 14.2. The van der Waals surface area contributed by atoms with Crippen molar-refractivity contribution < 1.29 is 4.74 Å². The van der Waals surface area contributed by atoms with Gasteiger partial charge in [0.15, 0.2) is 0 Å². The van der Waals surface area contributed by atoms with E-state index >= 15 is 0 Å². The number of benzene rings is 2. The number of aromatic nitrogens is 1. The number of hydrogen-bond donors (Lipinski definition) is 1. The molecule has 2 aromatic carbocycles. The van der Waals surface area contributed by atoms with Crippen molar-refractivity contribution in [2.24, 2.45) is 0 Å². The topological polar surface area (TPSA) is 34.1 Å². The van der Waals surface area contributed by atoms with Crippen LogP contribution in [0.2, 0.25) is 0 Å². The Morgan fingerprint density at radius 1 is 0.750 bits per heavy atom. The molecule has 0 aliphatic carbocycles.